The first kappa shape index (κ1) is 31.1. The lowest BCUT2D eigenvalue weighted by molar-refractivity contribution is -0.119. The van der Waals surface area contributed by atoms with E-state index >= 15 is 0 Å². The number of hydrogen-bond acceptors (Lipinski definition) is 8. The number of methoxy groups -OCH3 is 2. The van der Waals surface area contributed by atoms with Gasteiger partial charge in [-0.3, -0.25) is 9.10 Å². The molecule has 1 N–H and O–H groups in total. The molecule has 1 fully saturated rings. The van der Waals surface area contributed by atoms with Crippen molar-refractivity contribution in [2.75, 3.05) is 51.3 Å². The lowest BCUT2D eigenvalue weighted by Crippen LogP contribution is -2.42. The van der Waals surface area contributed by atoms with Gasteiger partial charge in [0.25, 0.3) is 10.0 Å². The van der Waals surface area contributed by atoms with Crippen LogP contribution in [0.25, 0.3) is 0 Å². The quantitative estimate of drug-likeness (QED) is 0.288. The molecule has 0 radical (unpaired) electrons. The van der Waals surface area contributed by atoms with Crippen LogP contribution in [0.2, 0.25) is 0 Å². The van der Waals surface area contributed by atoms with Gasteiger partial charge in [0.05, 0.1) is 36.2 Å². The summed E-state index contributed by atoms with van der Waals surface area (Å²) < 4.78 is 84.5. The lowest BCUT2D eigenvalue weighted by Gasteiger charge is -2.24. The topological polar surface area (TPSA) is 132 Å². The highest BCUT2D eigenvalue weighted by molar-refractivity contribution is 7.92. The van der Waals surface area contributed by atoms with E-state index in [4.69, 9.17) is 14.2 Å². The van der Waals surface area contributed by atoms with E-state index in [9.17, 15) is 26.0 Å². The molecule has 0 aromatic heterocycles. The third-order valence-electron chi connectivity index (χ3n) is 6.56. The molecule has 0 bridgehead atoms. The van der Waals surface area contributed by atoms with Gasteiger partial charge in [-0.05, 0) is 73.5 Å². The van der Waals surface area contributed by atoms with Crippen LogP contribution in [0.4, 0.5) is 10.1 Å². The average molecular weight is 622 g/mol. The molecular formula is C28H32FN3O8S2. The Morgan fingerprint density at radius 2 is 1.50 bits per heavy atom. The van der Waals surface area contributed by atoms with Gasteiger partial charge < -0.3 is 19.5 Å². The van der Waals surface area contributed by atoms with Gasteiger partial charge in [0.2, 0.25) is 15.9 Å². The Morgan fingerprint density at radius 1 is 0.881 bits per heavy atom. The fourth-order valence-corrected chi connectivity index (χ4v) is 7.31. The Balaban J connectivity index is 1.40. The van der Waals surface area contributed by atoms with Crippen molar-refractivity contribution in [2.24, 2.45) is 0 Å². The number of hydrogen-bond donors (Lipinski definition) is 1. The number of carbonyl (C=O) groups excluding carboxylic acids is 1. The second-order valence-corrected chi connectivity index (χ2v) is 13.1. The number of carbonyl (C=O) groups is 1. The largest absolute Gasteiger partial charge is 0.493 e. The van der Waals surface area contributed by atoms with Crippen molar-refractivity contribution < 1.29 is 40.2 Å². The third kappa shape index (κ3) is 7.12. The molecule has 3 aromatic carbocycles. The number of rotatable bonds is 13. The maximum atomic E-state index is 13.6. The molecular weight excluding hydrogens is 589 g/mol. The van der Waals surface area contributed by atoms with E-state index in [-0.39, 0.29) is 34.4 Å². The molecule has 1 aliphatic heterocycles. The van der Waals surface area contributed by atoms with E-state index in [1.807, 2.05) is 0 Å². The van der Waals surface area contributed by atoms with Gasteiger partial charge in [-0.25, -0.2) is 21.2 Å². The second-order valence-electron chi connectivity index (χ2n) is 9.29. The molecule has 14 heteroatoms. The maximum absolute atomic E-state index is 13.6. The fraction of sp³-hybridized carbons (Fsp3) is 0.321. The molecule has 42 heavy (non-hydrogen) atoms. The van der Waals surface area contributed by atoms with Crippen LogP contribution in [0.3, 0.4) is 0 Å². The highest BCUT2D eigenvalue weighted by Crippen LogP contribution is 2.32. The number of anilines is 1. The number of nitrogens with zero attached hydrogens (tertiary/aromatic N) is 2. The molecule has 0 unspecified atom stereocenters. The number of halogens is 1. The summed E-state index contributed by atoms with van der Waals surface area (Å²) in [5, 5.41) is 2.61. The van der Waals surface area contributed by atoms with Crippen molar-refractivity contribution in [1.29, 1.82) is 0 Å². The summed E-state index contributed by atoms with van der Waals surface area (Å²) >= 11 is 0. The zero-order chi connectivity index (χ0) is 30.3. The fourth-order valence-electron chi connectivity index (χ4n) is 4.36. The molecule has 0 saturated carbocycles. The standard InChI is InChI=1S/C28H32FN3O8S2/c1-38-26-14-13-25(19-27(26)39-2)42(36,37)32(22-7-5-21(29)6-8-22)20-28(33)30-15-18-40-23-9-11-24(12-10-23)41(34,35)31-16-3-4-17-31/h5-14,19H,3-4,15-18,20H2,1-2H3,(H,30,33). The van der Waals surface area contributed by atoms with E-state index in [0.29, 0.717) is 24.6 Å². The Kier molecular flexibility index (Phi) is 9.91. The molecule has 226 valence electrons. The van der Waals surface area contributed by atoms with Crippen molar-refractivity contribution in [2.45, 2.75) is 22.6 Å². The van der Waals surface area contributed by atoms with Crippen LogP contribution in [0, 0.1) is 5.82 Å². The Labute approximate surface area is 244 Å². The Hall–Kier alpha value is -3.88. The van der Waals surface area contributed by atoms with Gasteiger partial charge in [0, 0.05) is 19.2 Å². The highest BCUT2D eigenvalue weighted by atomic mass is 32.2. The summed E-state index contributed by atoms with van der Waals surface area (Å²) in [7, 11) is -5.04. The van der Waals surface area contributed by atoms with Crippen molar-refractivity contribution in [3.63, 3.8) is 0 Å². The monoisotopic (exact) mass is 621 g/mol. The molecule has 0 aliphatic carbocycles. The van der Waals surface area contributed by atoms with Crippen LogP contribution in [-0.2, 0) is 24.8 Å². The molecule has 1 aliphatic rings. The summed E-state index contributed by atoms with van der Waals surface area (Å²) in [6.45, 7) is 0.511. The van der Waals surface area contributed by atoms with E-state index in [1.54, 1.807) is 0 Å². The van der Waals surface area contributed by atoms with Gasteiger partial charge in [0.1, 0.15) is 24.7 Å². The first-order chi connectivity index (χ1) is 20.1. The van der Waals surface area contributed by atoms with E-state index in [1.165, 1.54) is 73.1 Å². The number of amides is 1. The van der Waals surface area contributed by atoms with Crippen LogP contribution >= 0.6 is 0 Å². The molecule has 1 amide bonds. The predicted molar refractivity (Wildman–Crippen MR) is 153 cm³/mol. The van der Waals surface area contributed by atoms with Crippen LogP contribution in [-0.4, -0.2) is 74.1 Å². The van der Waals surface area contributed by atoms with E-state index in [2.05, 4.69) is 5.32 Å². The molecule has 0 atom stereocenters. The van der Waals surface area contributed by atoms with Gasteiger partial charge in [0.15, 0.2) is 11.5 Å². The minimum Gasteiger partial charge on any atom is -0.493 e. The molecule has 0 spiro atoms. The Morgan fingerprint density at radius 3 is 2.12 bits per heavy atom. The first-order valence-corrected chi connectivity index (χ1v) is 15.9. The summed E-state index contributed by atoms with van der Waals surface area (Å²) in [5.41, 5.74) is 0.0848. The molecule has 3 aromatic rings. The lowest BCUT2D eigenvalue weighted by atomic mass is 10.3. The van der Waals surface area contributed by atoms with Crippen molar-refractivity contribution in [3.05, 3.63) is 72.5 Å². The summed E-state index contributed by atoms with van der Waals surface area (Å²) in [6.07, 6.45) is 1.69. The maximum Gasteiger partial charge on any atom is 0.264 e. The zero-order valence-corrected chi connectivity index (χ0v) is 24.8. The molecule has 4 rings (SSSR count). The molecule has 1 heterocycles. The minimum absolute atomic E-state index is 0.0420. The van der Waals surface area contributed by atoms with E-state index in [0.717, 1.165) is 29.3 Å². The van der Waals surface area contributed by atoms with Gasteiger partial charge in [-0.2, -0.15) is 4.31 Å². The molecule has 1 saturated heterocycles. The van der Waals surface area contributed by atoms with Crippen molar-refractivity contribution in [3.8, 4) is 17.2 Å². The van der Waals surface area contributed by atoms with Gasteiger partial charge in [-0.15, -0.1) is 0 Å². The zero-order valence-electron chi connectivity index (χ0n) is 23.2. The van der Waals surface area contributed by atoms with Crippen molar-refractivity contribution >= 4 is 31.6 Å². The van der Waals surface area contributed by atoms with Crippen LogP contribution in [0.1, 0.15) is 12.8 Å². The third-order valence-corrected chi connectivity index (χ3v) is 10.2. The summed E-state index contributed by atoms with van der Waals surface area (Å²) in [5.74, 6) is -0.274. The Bertz CT molecular complexity index is 1590. The van der Waals surface area contributed by atoms with Crippen molar-refractivity contribution in [1.82, 2.24) is 9.62 Å². The predicted octanol–water partition coefficient (Wildman–Crippen LogP) is 3.02. The number of sulfonamides is 2. The van der Waals surface area contributed by atoms with E-state index < -0.39 is 38.3 Å². The summed E-state index contributed by atoms with van der Waals surface area (Å²) in [4.78, 5) is 12.8. The van der Waals surface area contributed by atoms with Crippen LogP contribution < -0.4 is 23.8 Å². The van der Waals surface area contributed by atoms with Gasteiger partial charge >= 0.3 is 0 Å². The average Bonchev–Trinajstić information content (AvgIpc) is 3.55. The summed E-state index contributed by atoms with van der Waals surface area (Å²) in [6, 6.07) is 14.8. The second kappa shape index (κ2) is 13.4. The van der Waals surface area contributed by atoms with Crippen LogP contribution in [0.5, 0.6) is 17.2 Å². The smallest absolute Gasteiger partial charge is 0.264 e. The SMILES string of the molecule is COc1ccc(S(=O)(=O)N(CC(=O)NCCOc2ccc(S(=O)(=O)N3CCCC3)cc2)c2ccc(F)cc2)cc1OC. The van der Waals surface area contributed by atoms with Gasteiger partial charge in [-0.1, -0.05) is 0 Å². The number of ether oxygens (including phenoxy) is 3. The van der Waals surface area contributed by atoms with Crippen LogP contribution in [0.15, 0.2) is 76.5 Å². The minimum atomic E-state index is -4.28. The normalized spacial score (nSPS) is 13.9. The number of nitrogens with one attached hydrogen (secondary N) is 1. The number of benzene rings is 3. The molecule has 11 nitrogen and oxygen atoms in total. The highest BCUT2D eigenvalue weighted by Gasteiger charge is 2.29. The first-order valence-electron chi connectivity index (χ1n) is 13.1.